The fourth-order valence-corrected chi connectivity index (χ4v) is 4.61. The van der Waals surface area contributed by atoms with E-state index in [4.69, 9.17) is 22.9 Å². The molecule has 0 bridgehead atoms. The summed E-state index contributed by atoms with van der Waals surface area (Å²) in [5.74, 6) is 0.670. The van der Waals surface area contributed by atoms with Gasteiger partial charge in [0, 0.05) is 25.7 Å². The molecule has 6 nitrogen and oxygen atoms in total. The number of nitrogens with two attached hydrogens (primary N) is 4. The smallest absolute Gasteiger partial charge is 0.132 e. The molecule has 35 heavy (non-hydrogen) atoms. The molecule has 0 saturated carbocycles. The van der Waals surface area contributed by atoms with Gasteiger partial charge in [0.25, 0.3) is 0 Å². The second-order valence-electron chi connectivity index (χ2n) is 10.7. The third kappa shape index (κ3) is 29.3. The second-order valence-corrected chi connectivity index (χ2v) is 10.7. The molecule has 0 aliphatic rings. The molecule has 0 aromatic rings. The van der Waals surface area contributed by atoms with Gasteiger partial charge in [-0.15, -0.1) is 0 Å². The van der Waals surface area contributed by atoms with Crippen LogP contribution in [0.15, 0.2) is 0 Å². The summed E-state index contributed by atoms with van der Waals surface area (Å²) in [6, 6.07) is 0. The molecule has 0 aliphatic heterocycles. The number of hydrogen-bond donors (Lipinski definition) is 4. The fraction of sp³-hybridized carbons (Fsp3) is 0.931. The van der Waals surface area contributed by atoms with Crippen LogP contribution in [0.5, 0.6) is 0 Å². The summed E-state index contributed by atoms with van der Waals surface area (Å²) in [6.07, 6.45) is 26.6. The zero-order valence-corrected chi connectivity index (χ0v) is 23.0. The average Bonchev–Trinajstić information content (AvgIpc) is 2.80. The van der Waals surface area contributed by atoms with E-state index in [0.717, 1.165) is 57.8 Å². The summed E-state index contributed by atoms with van der Waals surface area (Å²) < 4.78 is 0. The first-order valence-corrected chi connectivity index (χ1v) is 15.0. The number of carbonyl (C=O) groups is 2. The van der Waals surface area contributed by atoms with Crippen LogP contribution in [0.25, 0.3) is 0 Å². The molecule has 0 aromatic heterocycles. The van der Waals surface area contributed by atoms with Crippen molar-refractivity contribution in [2.24, 2.45) is 22.9 Å². The van der Waals surface area contributed by atoms with Gasteiger partial charge in [0.1, 0.15) is 11.6 Å². The van der Waals surface area contributed by atoms with Crippen LogP contribution in [-0.2, 0) is 9.59 Å². The Kier molecular flexibility index (Phi) is 25.6. The van der Waals surface area contributed by atoms with Crippen LogP contribution in [0.2, 0.25) is 0 Å². The monoisotopic (exact) mass is 496 g/mol. The highest BCUT2D eigenvalue weighted by molar-refractivity contribution is 5.81. The lowest BCUT2D eigenvalue weighted by Gasteiger charge is -2.05. The Labute approximate surface area is 217 Å². The van der Waals surface area contributed by atoms with E-state index in [2.05, 4.69) is 0 Å². The standard InChI is InChI=1S/C29H60N4O2/c30-28(31)24-17-13-9-5-1-3-7-11-15-20-26(34)22-19-23-27(35)21-16-12-8-4-2-6-10-14-18-25-29(32)33/h28-29H,1-25,30-33H2. The van der Waals surface area contributed by atoms with E-state index in [0.29, 0.717) is 37.2 Å². The molecule has 6 heteroatoms. The van der Waals surface area contributed by atoms with Crippen LogP contribution in [-0.4, -0.2) is 23.9 Å². The zero-order chi connectivity index (χ0) is 26.0. The molecular weight excluding hydrogens is 436 g/mol. The molecule has 0 heterocycles. The molecule has 0 unspecified atom stereocenters. The summed E-state index contributed by atoms with van der Waals surface area (Å²) in [5, 5.41) is 0. The third-order valence-corrected chi connectivity index (χ3v) is 6.90. The highest BCUT2D eigenvalue weighted by Crippen LogP contribution is 2.14. The van der Waals surface area contributed by atoms with Gasteiger partial charge in [-0.1, -0.05) is 103 Å². The normalized spacial score (nSPS) is 11.6. The molecule has 0 spiro atoms. The minimum absolute atomic E-state index is 0.156. The predicted octanol–water partition coefficient (Wildman–Crippen LogP) is 6.36. The first-order valence-electron chi connectivity index (χ1n) is 15.0. The van der Waals surface area contributed by atoms with E-state index in [1.54, 1.807) is 0 Å². The van der Waals surface area contributed by atoms with Gasteiger partial charge in [-0.05, 0) is 32.1 Å². The number of ketones is 2. The number of hydrogen-bond acceptors (Lipinski definition) is 6. The van der Waals surface area contributed by atoms with Gasteiger partial charge in [0.2, 0.25) is 0 Å². The van der Waals surface area contributed by atoms with Gasteiger partial charge in [-0.2, -0.15) is 0 Å². The maximum absolute atomic E-state index is 12.0. The molecule has 0 radical (unpaired) electrons. The van der Waals surface area contributed by atoms with Crippen molar-refractivity contribution in [3.8, 4) is 0 Å². The highest BCUT2D eigenvalue weighted by Gasteiger charge is 2.06. The Morgan fingerprint density at radius 1 is 0.343 bits per heavy atom. The predicted molar refractivity (Wildman–Crippen MR) is 150 cm³/mol. The lowest BCUT2D eigenvalue weighted by atomic mass is 10.0. The minimum atomic E-state index is -0.156. The first-order chi connectivity index (χ1) is 16.9. The number of rotatable bonds is 28. The Bertz CT molecular complexity index is 441. The molecule has 0 aromatic carbocycles. The molecule has 0 aliphatic carbocycles. The van der Waals surface area contributed by atoms with Gasteiger partial charge < -0.3 is 22.9 Å². The highest BCUT2D eigenvalue weighted by atomic mass is 16.1. The quantitative estimate of drug-likeness (QED) is 0.0733. The fourth-order valence-electron chi connectivity index (χ4n) is 4.61. The molecule has 0 rings (SSSR count). The van der Waals surface area contributed by atoms with Crippen molar-refractivity contribution >= 4 is 11.6 Å². The van der Waals surface area contributed by atoms with Crippen LogP contribution in [0, 0.1) is 0 Å². The van der Waals surface area contributed by atoms with E-state index in [9.17, 15) is 9.59 Å². The van der Waals surface area contributed by atoms with Gasteiger partial charge in [0.15, 0.2) is 0 Å². The first kappa shape index (κ1) is 34.2. The average molecular weight is 497 g/mol. The second kappa shape index (κ2) is 26.2. The van der Waals surface area contributed by atoms with Crippen molar-refractivity contribution in [2.45, 2.75) is 173 Å². The van der Waals surface area contributed by atoms with Crippen molar-refractivity contribution in [1.29, 1.82) is 0 Å². The van der Waals surface area contributed by atoms with Crippen molar-refractivity contribution in [2.75, 3.05) is 0 Å². The molecule has 0 amide bonds. The van der Waals surface area contributed by atoms with Gasteiger partial charge in [0.05, 0.1) is 12.3 Å². The Balaban J connectivity index is 3.31. The van der Waals surface area contributed by atoms with Crippen LogP contribution >= 0.6 is 0 Å². The number of carbonyl (C=O) groups excluding carboxylic acids is 2. The van der Waals surface area contributed by atoms with Gasteiger partial charge >= 0.3 is 0 Å². The van der Waals surface area contributed by atoms with Gasteiger partial charge in [-0.25, -0.2) is 0 Å². The molecule has 0 saturated heterocycles. The van der Waals surface area contributed by atoms with E-state index >= 15 is 0 Å². The van der Waals surface area contributed by atoms with E-state index in [-0.39, 0.29) is 12.3 Å². The largest absolute Gasteiger partial charge is 0.316 e. The van der Waals surface area contributed by atoms with Crippen molar-refractivity contribution < 1.29 is 9.59 Å². The summed E-state index contributed by atoms with van der Waals surface area (Å²) in [4.78, 5) is 24.1. The molecule has 0 atom stereocenters. The number of unbranched alkanes of at least 4 members (excludes halogenated alkanes) is 16. The maximum Gasteiger partial charge on any atom is 0.132 e. The summed E-state index contributed by atoms with van der Waals surface area (Å²) in [7, 11) is 0. The van der Waals surface area contributed by atoms with Crippen molar-refractivity contribution in [1.82, 2.24) is 0 Å². The lowest BCUT2D eigenvalue weighted by molar-refractivity contribution is -0.120. The summed E-state index contributed by atoms with van der Waals surface area (Å²) in [5.41, 5.74) is 22.2. The molecule has 0 fully saturated rings. The van der Waals surface area contributed by atoms with Crippen molar-refractivity contribution in [3.63, 3.8) is 0 Å². The number of Topliss-reactive ketones (excluding diaryl/α,β-unsaturated/α-hetero) is 2. The SMILES string of the molecule is NC(N)CCCCCCCCCCCC(=O)CCCC(=O)CCCCCCCCCCCC(N)N. The Morgan fingerprint density at radius 3 is 0.857 bits per heavy atom. The Hall–Kier alpha value is -0.820. The topological polar surface area (TPSA) is 138 Å². The van der Waals surface area contributed by atoms with Gasteiger partial charge in [-0.3, -0.25) is 9.59 Å². The lowest BCUT2D eigenvalue weighted by Crippen LogP contribution is -2.29. The molecule has 208 valence electrons. The zero-order valence-electron chi connectivity index (χ0n) is 23.0. The van der Waals surface area contributed by atoms with Crippen LogP contribution in [0.1, 0.15) is 161 Å². The van der Waals surface area contributed by atoms with E-state index < -0.39 is 0 Å². The van der Waals surface area contributed by atoms with Crippen LogP contribution < -0.4 is 22.9 Å². The minimum Gasteiger partial charge on any atom is -0.316 e. The van der Waals surface area contributed by atoms with Crippen molar-refractivity contribution in [3.05, 3.63) is 0 Å². The molecular formula is C29H60N4O2. The van der Waals surface area contributed by atoms with Crippen LogP contribution in [0.3, 0.4) is 0 Å². The van der Waals surface area contributed by atoms with E-state index in [1.807, 2.05) is 0 Å². The third-order valence-electron chi connectivity index (χ3n) is 6.90. The van der Waals surface area contributed by atoms with E-state index in [1.165, 1.54) is 77.0 Å². The van der Waals surface area contributed by atoms with Crippen LogP contribution in [0.4, 0.5) is 0 Å². The molecule has 8 N–H and O–H groups in total. The maximum atomic E-state index is 12.0. The Morgan fingerprint density at radius 2 is 0.571 bits per heavy atom. The summed E-state index contributed by atoms with van der Waals surface area (Å²) >= 11 is 0. The summed E-state index contributed by atoms with van der Waals surface area (Å²) in [6.45, 7) is 0.